The zero-order chi connectivity index (χ0) is 25.2. The average molecular weight is 488 g/mol. The predicted molar refractivity (Wildman–Crippen MR) is 148 cm³/mol. The maximum absolute atomic E-state index is 13.4. The quantitative estimate of drug-likeness (QED) is 0.297. The van der Waals surface area contributed by atoms with Gasteiger partial charge in [0.2, 0.25) is 0 Å². The van der Waals surface area contributed by atoms with Gasteiger partial charge in [0.25, 0.3) is 0 Å². The summed E-state index contributed by atoms with van der Waals surface area (Å²) in [5.74, 6) is 0.533. The van der Waals surface area contributed by atoms with E-state index in [4.69, 9.17) is 9.47 Å². The fourth-order valence-electron chi connectivity index (χ4n) is 4.94. The maximum Gasteiger partial charge on any atom is 0.194 e. The van der Waals surface area contributed by atoms with Gasteiger partial charge in [-0.1, -0.05) is 75.2 Å². The predicted octanol–water partition coefficient (Wildman–Crippen LogP) is 7.07. The Balaban J connectivity index is 1.56. The second-order valence-corrected chi connectivity index (χ2v) is 10.0. The molecule has 1 fully saturated rings. The van der Waals surface area contributed by atoms with Crippen molar-refractivity contribution in [2.24, 2.45) is 0 Å². The lowest BCUT2D eigenvalue weighted by Gasteiger charge is -2.22. The molecular weight excluding hydrogens is 446 g/mol. The molecule has 0 saturated carbocycles. The minimum Gasteiger partial charge on any atom is -0.476 e. The number of aryl methyl sites for hydroxylation is 4. The van der Waals surface area contributed by atoms with E-state index in [1.807, 2.05) is 0 Å². The molecule has 1 aliphatic heterocycles. The fraction of sp³-hybridized carbons (Fsp3) is 0.469. The van der Waals surface area contributed by atoms with Crippen LogP contribution < -0.4 is 10.2 Å². The van der Waals surface area contributed by atoms with Gasteiger partial charge in [-0.3, -0.25) is 4.79 Å². The first kappa shape index (κ1) is 26.2. The average Bonchev–Trinajstić information content (AvgIpc) is 2.91. The van der Waals surface area contributed by atoms with E-state index >= 15 is 0 Å². The lowest BCUT2D eigenvalue weighted by atomic mass is 9.97. The molecule has 4 rings (SSSR count). The smallest absolute Gasteiger partial charge is 0.194 e. The highest BCUT2D eigenvalue weighted by molar-refractivity contribution is 5.66. The third-order valence-corrected chi connectivity index (χ3v) is 7.07. The Morgan fingerprint density at radius 2 is 1.56 bits per heavy atom. The van der Waals surface area contributed by atoms with E-state index < -0.39 is 0 Å². The van der Waals surface area contributed by atoms with Crippen LogP contribution in [0.4, 0.5) is 0 Å². The number of aromatic amines is 1. The standard InChI is InChI=1S/C32H41NO3/c1-3-5-9-25-15-18-27(19-16-25)32-29(20-17-26-13-11-24(8-4-2)12-14-26)33-31(22-30(32)34)36-23-28-10-6-7-21-35-28/h11-16,18-19,22,28H,3-10,17,20-21,23H2,1-2H3,(H,33,34). The Morgan fingerprint density at radius 1 is 0.861 bits per heavy atom. The fourth-order valence-corrected chi connectivity index (χ4v) is 4.94. The number of nitrogens with one attached hydrogen (secondary N) is 1. The van der Waals surface area contributed by atoms with Crippen molar-refractivity contribution in [3.63, 3.8) is 0 Å². The second-order valence-electron chi connectivity index (χ2n) is 10.0. The molecule has 0 radical (unpaired) electrons. The molecule has 192 valence electrons. The largest absolute Gasteiger partial charge is 0.476 e. The van der Waals surface area contributed by atoms with E-state index in [0.717, 1.165) is 68.4 Å². The van der Waals surface area contributed by atoms with Crippen LogP contribution in [-0.4, -0.2) is 24.3 Å². The Kier molecular flexibility index (Phi) is 9.80. The molecule has 0 bridgehead atoms. The molecular formula is C32H41NO3. The number of hydrogen-bond acceptors (Lipinski definition) is 3. The number of aromatic nitrogens is 1. The van der Waals surface area contributed by atoms with Gasteiger partial charge < -0.3 is 14.5 Å². The summed E-state index contributed by atoms with van der Waals surface area (Å²) < 4.78 is 11.8. The van der Waals surface area contributed by atoms with Crippen molar-refractivity contribution in [3.05, 3.63) is 87.2 Å². The van der Waals surface area contributed by atoms with Gasteiger partial charge >= 0.3 is 0 Å². The van der Waals surface area contributed by atoms with Gasteiger partial charge in [-0.05, 0) is 73.6 Å². The molecule has 1 aromatic heterocycles. The first-order valence-electron chi connectivity index (χ1n) is 13.8. The normalized spacial score (nSPS) is 15.7. The first-order valence-corrected chi connectivity index (χ1v) is 13.8. The monoisotopic (exact) mass is 487 g/mol. The Morgan fingerprint density at radius 3 is 2.22 bits per heavy atom. The van der Waals surface area contributed by atoms with E-state index in [1.54, 1.807) is 6.07 Å². The molecule has 4 nitrogen and oxygen atoms in total. The number of rotatable bonds is 12. The van der Waals surface area contributed by atoms with Crippen molar-refractivity contribution in [3.8, 4) is 17.0 Å². The first-order chi connectivity index (χ1) is 17.7. The topological polar surface area (TPSA) is 51.3 Å². The van der Waals surface area contributed by atoms with E-state index in [2.05, 4.69) is 67.4 Å². The van der Waals surface area contributed by atoms with Crippen molar-refractivity contribution in [2.45, 2.75) is 84.2 Å². The molecule has 4 heteroatoms. The maximum atomic E-state index is 13.4. The summed E-state index contributed by atoms with van der Waals surface area (Å²) in [4.78, 5) is 16.8. The minimum absolute atomic E-state index is 0.00270. The summed E-state index contributed by atoms with van der Waals surface area (Å²) in [6.07, 6.45) is 10.7. The molecule has 0 spiro atoms. The van der Waals surface area contributed by atoms with Crippen LogP contribution in [0.2, 0.25) is 0 Å². The third-order valence-electron chi connectivity index (χ3n) is 7.07. The van der Waals surface area contributed by atoms with Gasteiger partial charge in [0.05, 0.1) is 6.10 Å². The van der Waals surface area contributed by atoms with Crippen LogP contribution in [-0.2, 0) is 30.4 Å². The molecule has 1 atom stereocenters. The van der Waals surface area contributed by atoms with Gasteiger partial charge in [-0.2, -0.15) is 0 Å². The van der Waals surface area contributed by atoms with Gasteiger partial charge in [0, 0.05) is 23.9 Å². The molecule has 1 aliphatic rings. The van der Waals surface area contributed by atoms with Crippen molar-refractivity contribution in [1.29, 1.82) is 0 Å². The van der Waals surface area contributed by atoms with Crippen molar-refractivity contribution in [1.82, 2.24) is 4.98 Å². The van der Waals surface area contributed by atoms with Crippen molar-refractivity contribution >= 4 is 0 Å². The van der Waals surface area contributed by atoms with Crippen LogP contribution in [0.15, 0.2) is 59.4 Å². The highest BCUT2D eigenvalue weighted by atomic mass is 16.5. The van der Waals surface area contributed by atoms with Crippen molar-refractivity contribution < 1.29 is 9.47 Å². The number of benzene rings is 2. The summed E-state index contributed by atoms with van der Waals surface area (Å²) in [6.45, 7) is 5.68. The number of pyridine rings is 1. The lowest BCUT2D eigenvalue weighted by molar-refractivity contribution is -0.0119. The zero-order valence-electron chi connectivity index (χ0n) is 22.0. The van der Waals surface area contributed by atoms with E-state index in [9.17, 15) is 4.79 Å². The second kappa shape index (κ2) is 13.5. The summed E-state index contributed by atoms with van der Waals surface area (Å²) in [5, 5.41) is 0. The van der Waals surface area contributed by atoms with Crippen LogP contribution in [0, 0.1) is 0 Å². The highest BCUT2D eigenvalue weighted by Gasteiger charge is 2.17. The molecule has 1 unspecified atom stereocenters. The molecule has 0 aliphatic carbocycles. The number of ether oxygens (including phenoxy) is 2. The van der Waals surface area contributed by atoms with Gasteiger partial charge in [-0.25, -0.2) is 0 Å². The van der Waals surface area contributed by atoms with E-state index in [1.165, 1.54) is 36.0 Å². The lowest BCUT2D eigenvalue weighted by Crippen LogP contribution is -2.26. The number of H-pyrrole nitrogens is 1. The van der Waals surface area contributed by atoms with Gasteiger partial charge in [-0.15, -0.1) is 0 Å². The van der Waals surface area contributed by atoms with Crippen molar-refractivity contribution in [2.75, 3.05) is 13.2 Å². The Bertz CT molecular complexity index is 1130. The van der Waals surface area contributed by atoms with E-state index in [0.29, 0.717) is 12.5 Å². The molecule has 1 N–H and O–H groups in total. The molecule has 1 saturated heterocycles. The number of hydrogen-bond donors (Lipinski definition) is 1. The van der Waals surface area contributed by atoms with Crippen LogP contribution in [0.5, 0.6) is 5.88 Å². The van der Waals surface area contributed by atoms with Crippen LogP contribution in [0.25, 0.3) is 11.1 Å². The summed E-state index contributed by atoms with van der Waals surface area (Å²) in [6, 6.07) is 19.0. The number of unbranched alkanes of at least 4 members (excludes halogenated alkanes) is 1. The molecule has 2 heterocycles. The summed E-state index contributed by atoms with van der Waals surface area (Å²) >= 11 is 0. The SMILES string of the molecule is CCCCc1ccc(-c2c(CCc3ccc(CCC)cc3)[nH]c(OCC3CCCCO3)cc2=O)cc1. The van der Waals surface area contributed by atoms with Crippen LogP contribution in [0.3, 0.4) is 0 Å². The van der Waals surface area contributed by atoms with Gasteiger partial charge in [0.15, 0.2) is 11.3 Å². The minimum atomic E-state index is 0.00270. The molecule has 2 aromatic carbocycles. The Hall–Kier alpha value is -2.85. The molecule has 36 heavy (non-hydrogen) atoms. The summed E-state index contributed by atoms with van der Waals surface area (Å²) in [7, 11) is 0. The van der Waals surface area contributed by atoms with E-state index in [-0.39, 0.29) is 11.5 Å². The molecule has 3 aromatic rings. The molecule has 0 amide bonds. The highest BCUT2D eigenvalue weighted by Crippen LogP contribution is 2.24. The van der Waals surface area contributed by atoms with Crippen LogP contribution >= 0.6 is 0 Å². The zero-order valence-corrected chi connectivity index (χ0v) is 22.0. The summed E-state index contributed by atoms with van der Waals surface area (Å²) in [5.41, 5.74) is 6.62. The van der Waals surface area contributed by atoms with Crippen LogP contribution in [0.1, 0.15) is 74.8 Å². The van der Waals surface area contributed by atoms with Gasteiger partial charge in [0.1, 0.15) is 6.61 Å². The Labute approximate surface area is 216 Å². The third kappa shape index (κ3) is 7.33.